The molecular formula is C21H21FN2O. The van der Waals surface area contributed by atoms with Crippen LogP contribution in [-0.2, 0) is 23.1 Å². The van der Waals surface area contributed by atoms with Crippen LogP contribution in [-0.4, -0.2) is 16.0 Å². The predicted octanol–water partition coefficient (Wildman–Crippen LogP) is 4.02. The van der Waals surface area contributed by atoms with E-state index in [0.717, 1.165) is 47.2 Å². The van der Waals surface area contributed by atoms with E-state index in [1.54, 1.807) is 6.07 Å². The first-order valence-electron chi connectivity index (χ1n) is 8.99. The van der Waals surface area contributed by atoms with Gasteiger partial charge in [-0.3, -0.25) is 9.89 Å². The Morgan fingerprint density at radius 3 is 2.88 bits per heavy atom. The Labute approximate surface area is 146 Å². The molecule has 2 aromatic rings. The second-order valence-corrected chi connectivity index (χ2v) is 8.53. The average molecular weight is 336 g/mol. The number of H-pyrrole nitrogens is 1. The number of hydrogen-bond donors (Lipinski definition) is 1. The van der Waals surface area contributed by atoms with Crippen molar-refractivity contribution in [1.82, 2.24) is 10.2 Å². The number of aromatic nitrogens is 2. The first-order valence-corrected chi connectivity index (χ1v) is 8.99. The standard InChI is InChI=1S/C21H21FN2O/c1-20(2)9-12-8-17-15(11-23-24-17)21(19(12)18(25)10-20)7-6-13-14(21)4-3-5-16(13)22/h3-5,11H,6-10H2,1-2H3,(H,23,24)/t21-/m1/s1. The lowest BCUT2D eigenvalue weighted by Crippen LogP contribution is -2.41. The molecule has 0 radical (unpaired) electrons. The summed E-state index contributed by atoms with van der Waals surface area (Å²) in [6.45, 7) is 4.32. The molecule has 4 heteroatoms. The highest BCUT2D eigenvalue weighted by Gasteiger charge is 2.53. The topological polar surface area (TPSA) is 45.8 Å². The predicted molar refractivity (Wildman–Crippen MR) is 92.8 cm³/mol. The van der Waals surface area contributed by atoms with Gasteiger partial charge in [0.1, 0.15) is 5.82 Å². The number of halogens is 1. The van der Waals surface area contributed by atoms with Gasteiger partial charge in [0, 0.05) is 29.7 Å². The Morgan fingerprint density at radius 2 is 2.04 bits per heavy atom. The number of nitrogens with one attached hydrogen (secondary N) is 1. The highest BCUT2D eigenvalue weighted by molar-refractivity contribution is 6.02. The summed E-state index contributed by atoms with van der Waals surface area (Å²) in [6.07, 6.45) is 5.50. The molecule has 1 aromatic carbocycles. The van der Waals surface area contributed by atoms with Gasteiger partial charge in [0.05, 0.1) is 11.6 Å². The van der Waals surface area contributed by atoms with Crippen LogP contribution >= 0.6 is 0 Å². The van der Waals surface area contributed by atoms with Crippen LogP contribution in [0.15, 0.2) is 35.5 Å². The zero-order valence-corrected chi connectivity index (χ0v) is 14.6. The van der Waals surface area contributed by atoms with E-state index in [4.69, 9.17) is 0 Å². The van der Waals surface area contributed by atoms with E-state index < -0.39 is 5.41 Å². The van der Waals surface area contributed by atoms with Crippen LogP contribution in [0.3, 0.4) is 0 Å². The molecule has 0 bridgehead atoms. The largest absolute Gasteiger partial charge is 0.294 e. The van der Waals surface area contributed by atoms with Crippen LogP contribution in [0.5, 0.6) is 0 Å². The minimum absolute atomic E-state index is 0.0159. The van der Waals surface area contributed by atoms with Crippen LogP contribution in [0.2, 0.25) is 0 Å². The number of carbonyl (C=O) groups excluding carboxylic acids is 1. The van der Waals surface area contributed by atoms with Gasteiger partial charge in [-0.05, 0) is 41.9 Å². The molecule has 128 valence electrons. The number of allylic oxidation sites excluding steroid dienone is 2. The number of hydrogen-bond acceptors (Lipinski definition) is 2. The van der Waals surface area contributed by atoms with E-state index in [2.05, 4.69) is 24.0 Å². The van der Waals surface area contributed by atoms with Crippen molar-refractivity contribution in [2.45, 2.75) is 51.4 Å². The molecule has 0 saturated carbocycles. The van der Waals surface area contributed by atoms with Crippen molar-refractivity contribution in [2.24, 2.45) is 5.41 Å². The lowest BCUT2D eigenvalue weighted by molar-refractivity contribution is -0.118. The molecule has 1 heterocycles. The molecule has 25 heavy (non-hydrogen) atoms. The number of carbonyl (C=O) groups is 1. The van der Waals surface area contributed by atoms with Gasteiger partial charge in [0.15, 0.2) is 5.78 Å². The maximum Gasteiger partial charge on any atom is 0.160 e. The highest BCUT2D eigenvalue weighted by atomic mass is 19.1. The van der Waals surface area contributed by atoms with Crippen molar-refractivity contribution in [3.63, 3.8) is 0 Å². The van der Waals surface area contributed by atoms with E-state index in [1.165, 1.54) is 11.6 Å². The summed E-state index contributed by atoms with van der Waals surface area (Å²) in [5.74, 6) is 0.0749. The van der Waals surface area contributed by atoms with Crippen molar-refractivity contribution >= 4 is 5.78 Å². The summed E-state index contributed by atoms with van der Waals surface area (Å²) >= 11 is 0. The molecule has 5 rings (SSSR count). The first-order chi connectivity index (χ1) is 11.9. The zero-order chi connectivity index (χ0) is 17.4. The summed E-state index contributed by atoms with van der Waals surface area (Å²) < 4.78 is 14.5. The van der Waals surface area contributed by atoms with Crippen molar-refractivity contribution in [3.8, 4) is 0 Å². The fraction of sp³-hybridized carbons (Fsp3) is 0.429. The number of benzene rings is 1. The highest BCUT2D eigenvalue weighted by Crippen LogP contribution is 2.57. The SMILES string of the molecule is CC1(C)CC(=O)C2=C(Cc3[nH]ncc3[C@]23CCc2c(F)cccc23)C1. The number of fused-ring (bicyclic) bond motifs is 5. The van der Waals surface area contributed by atoms with Crippen molar-refractivity contribution in [2.75, 3.05) is 0 Å². The van der Waals surface area contributed by atoms with Gasteiger partial charge in [-0.15, -0.1) is 0 Å². The fourth-order valence-electron chi connectivity index (χ4n) is 5.50. The molecule has 0 saturated heterocycles. The van der Waals surface area contributed by atoms with Crippen LogP contribution in [0.1, 0.15) is 55.5 Å². The molecular weight excluding hydrogens is 315 g/mol. The smallest absolute Gasteiger partial charge is 0.160 e. The van der Waals surface area contributed by atoms with Gasteiger partial charge in [-0.25, -0.2) is 4.39 Å². The minimum atomic E-state index is -0.513. The quantitative estimate of drug-likeness (QED) is 0.790. The molecule has 1 spiro atoms. The summed E-state index contributed by atoms with van der Waals surface area (Å²) in [5, 5.41) is 7.42. The summed E-state index contributed by atoms with van der Waals surface area (Å²) in [7, 11) is 0. The van der Waals surface area contributed by atoms with E-state index >= 15 is 0 Å². The number of aromatic amines is 1. The van der Waals surface area contributed by atoms with Crippen molar-refractivity contribution in [1.29, 1.82) is 0 Å². The Morgan fingerprint density at radius 1 is 1.20 bits per heavy atom. The van der Waals surface area contributed by atoms with Gasteiger partial charge in [-0.2, -0.15) is 5.10 Å². The third-order valence-electron chi connectivity index (χ3n) is 6.29. The third-order valence-corrected chi connectivity index (χ3v) is 6.29. The molecule has 0 unspecified atom stereocenters. The Bertz CT molecular complexity index is 953. The summed E-state index contributed by atoms with van der Waals surface area (Å²) in [6, 6.07) is 5.30. The molecule has 1 aromatic heterocycles. The van der Waals surface area contributed by atoms with Crippen LogP contribution in [0.4, 0.5) is 4.39 Å². The molecule has 1 atom stereocenters. The first kappa shape index (κ1) is 15.1. The normalized spacial score (nSPS) is 26.6. The molecule has 0 aliphatic heterocycles. The van der Waals surface area contributed by atoms with E-state index in [0.29, 0.717) is 12.8 Å². The molecule has 3 aliphatic rings. The monoisotopic (exact) mass is 336 g/mol. The molecule has 3 nitrogen and oxygen atoms in total. The van der Waals surface area contributed by atoms with Crippen LogP contribution in [0, 0.1) is 11.2 Å². The maximum atomic E-state index is 14.5. The third kappa shape index (κ3) is 1.85. The minimum Gasteiger partial charge on any atom is -0.294 e. The molecule has 1 N–H and O–H groups in total. The zero-order valence-electron chi connectivity index (χ0n) is 14.6. The van der Waals surface area contributed by atoms with E-state index in [1.807, 2.05) is 12.3 Å². The fourth-order valence-corrected chi connectivity index (χ4v) is 5.50. The Hall–Kier alpha value is -2.23. The molecule has 3 aliphatic carbocycles. The Kier molecular flexibility index (Phi) is 2.82. The second-order valence-electron chi connectivity index (χ2n) is 8.53. The van der Waals surface area contributed by atoms with Crippen molar-refractivity contribution < 1.29 is 9.18 Å². The summed E-state index contributed by atoms with van der Waals surface area (Å²) in [5.41, 5.74) is 5.51. The molecule has 0 fully saturated rings. The van der Waals surface area contributed by atoms with Gasteiger partial charge in [-0.1, -0.05) is 31.6 Å². The average Bonchev–Trinajstić information content (AvgIpc) is 3.13. The number of rotatable bonds is 0. The lowest BCUT2D eigenvalue weighted by Gasteiger charge is -2.43. The summed E-state index contributed by atoms with van der Waals surface area (Å²) in [4.78, 5) is 13.2. The van der Waals surface area contributed by atoms with Gasteiger partial charge in [0.25, 0.3) is 0 Å². The van der Waals surface area contributed by atoms with Crippen LogP contribution < -0.4 is 0 Å². The van der Waals surface area contributed by atoms with E-state index in [9.17, 15) is 9.18 Å². The molecule has 0 amide bonds. The number of nitrogens with zero attached hydrogens (tertiary/aromatic N) is 1. The Balaban J connectivity index is 1.84. The van der Waals surface area contributed by atoms with E-state index in [-0.39, 0.29) is 17.0 Å². The number of Topliss-reactive ketones (excluding diaryl/α,β-unsaturated/α-hetero) is 1. The van der Waals surface area contributed by atoms with Gasteiger partial charge < -0.3 is 0 Å². The van der Waals surface area contributed by atoms with Crippen LogP contribution in [0.25, 0.3) is 0 Å². The number of ketones is 1. The van der Waals surface area contributed by atoms with Crippen molar-refractivity contribution in [3.05, 3.63) is 63.7 Å². The van der Waals surface area contributed by atoms with Gasteiger partial charge >= 0.3 is 0 Å². The lowest BCUT2D eigenvalue weighted by atomic mass is 9.58. The maximum absolute atomic E-state index is 14.5. The van der Waals surface area contributed by atoms with Gasteiger partial charge in [0.2, 0.25) is 0 Å². The second kappa shape index (κ2) is 4.69.